The van der Waals surface area contributed by atoms with Gasteiger partial charge < -0.3 is 20.3 Å². The van der Waals surface area contributed by atoms with Crippen molar-refractivity contribution in [3.8, 4) is 0 Å². The smallest absolute Gasteiger partial charge is 0.117 e. The van der Waals surface area contributed by atoms with Crippen molar-refractivity contribution in [2.75, 3.05) is 0 Å². The maximum absolute atomic E-state index is 5.68. The third-order valence-electron chi connectivity index (χ3n) is 3.41. The van der Waals surface area contributed by atoms with Crippen LogP contribution in [0.2, 0.25) is 0 Å². The molecule has 2 rings (SSSR count). The Kier molecular flexibility index (Phi) is 3.89. The Bertz CT molecular complexity index is 455. The third kappa shape index (κ3) is 2.49. The van der Waals surface area contributed by atoms with Crippen molar-refractivity contribution < 1.29 is 8.83 Å². The first-order valence-electron chi connectivity index (χ1n) is 6.23. The molecule has 2 aromatic rings. The Morgan fingerprint density at radius 2 is 1.22 bits per heavy atom. The fourth-order valence-corrected chi connectivity index (χ4v) is 1.99. The van der Waals surface area contributed by atoms with Crippen LogP contribution >= 0.6 is 0 Å². The molecule has 2 heterocycles. The molecular weight excluding hydrogens is 228 g/mol. The maximum atomic E-state index is 5.68. The summed E-state index contributed by atoms with van der Waals surface area (Å²) in [6.45, 7) is 5.10. The molecule has 0 saturated carbocycles. The summed E-state index contributed by atoms with van der Waals surface area (Å²) >= 11 is 0. The molecule has 2 atom stereocenters. The number of hydrogen-bond acceptors (Lipinski definition) is 4. The van der Waals surface area contributed by atoms with E-state index in [1.165, 1.54) is 0 Å². The highest BCUT2D eigenvalue weighted by Gasteiger charge is 2.22. The Labute approximate surface area is 107 Å². The fraction of sp³-hybridized carbons (Fsp3) is 0.429. The van der Waals surface area contributed by atoms with Gasteiger partial charge in [-0.1, -0.05) is 13.8 Å². The topological polar surface area (TPSA) is 78.3 Å². The SMILES string of the molecule is CC(c1ccc(CN)o1)C(C)c1ccc(CN)o1. The second kappa shape index (κ2) is 5.42. The molecule has 0 bridgehead atoms. The molecule has 4 nitrogen and oxygen atoms in total. The summed E-state index contributed by atoms with van der Waals surface area (Å²) in [5.74, 6) is 3.98. The van der Waals surface area contributed by atoms with Gasteiger partial charge in [0, 0.05) is 11.8 Å². The number of nitrogens with two attached hydrogens (primary N) is 2. The van der Waals surface area contributed by atoms with Gasteiger partial charge in [-0.2, -0.15) is 0 Å². The summed E-state index contributed by atoms with van der Waals surface area (Å²) in [5, 5.41) is 0. The highest BCUT2D eigenvalue weighted by molar-refractivity contribution is 5.18. The van der Waals surface area contributed by atoms with Crippen LogP contribution in [-0.2, 0) is 13.1 Å². The van der Waals surface area contributed by atoms with Crippen LogP contribution < -0.4 is 11.5 Å². The quantitative estimate of drug-likeness (QED) is 0.852. The summed E-state index contributed by atoms with van der Waals surface area (Å²) in [4.78, 5) is 0. The first kappa shape index (κ1) is 12.9. The van der Waals surface area contributed by atoms with Crippen LogP contribution in [0.25, 0.3) is 0 Å². The van der Waals surface area contributed by atoms with Crippen molar-refractivity contribution in [1.82, 2.24) is 0 Å². The molecule has 4 N–H and O–H groups in total. The molecule has 0 spiro atoms. The number of rotatable bonds is 5. The van der Waals surface area contributed by atoms with Crippen molar-refractivity contribution in [1.29, 1.82) is 0 Å². The first-order valence-corrected chi connectivity index (χ1v) is 6.23. The second-order valence-electron chi connectivity index (χ2n) is 4.59. The maximum Gasteiger partial charge on any atom is 0.117 e. The molecule has 0 radical (unpaired) electrons. The average molecular weight is 248 g/mol. The standard InChI is InChI=1S/C14H20N2O2/c1-9(13-5-3-11(7-15)17-13)10(2)14-6-4-12(8-16)18-14/h3-6,9-10H,7-8,15-16H2,1-2H3. The van der Waals surface area contributed by atoms with Gasteiger partial charge in [0.25, 0.3) is 0 Å². The predicted octanol–water partition coefficient (Wildman–Crippen LogP) is 2.70. The first-order chi connectivity index (χ1) is 8.65. The zero-order chi connectivity index (χ0) is 13.1. The van der Waals surface area contributed by atoms with Crippen LogP contribution in [-0.4, -0.2) is 0 Å². The largest absolute Gasteiger partial charge is 0.464 e. The van der Waals surface area contributed by atoms with Crippen LogP contribution in [0.3, 0.4) is 0 Å². The van der Waals surface area contributed by atoms with E-state index < -0.39 is 0 Å². The highest BCUT2D eigenvalue weighted by atomic mass is 16.3. The van der Waals surface area contributed by atoms with E-state index in [0.29, 0.717) is 13.1 Å². The summed E-state index contributed by atoms with van der Waals surface area (Å²) < 4.78 is 11.4. The molecule has 2 unspecified atom stereocenters. The zero-order valence-electron chi connectivity index (χ0n) is 10.8. The van der Waals surface area contributed by atoms with Crippen LogP contribution in [0.15, 0.2) is 33.1 Å². The molecule has 0 aromatic carbocycles. The minimum Gasteiger partial charge on any atom is -0.464 e. The normalized spacial score (nSPS) is 14.7. The zero-order valence-corrected chi connectivity index (χ0v) is 10.8. The Morgan fingerprint density at radius 3 is 1.50 bits per heavy atom. The van der Waals surface area contributed by atoms with E-state index in [-0.39, 0.29) is 11.8 Å². The molecule has 0 amide bonds. The molecule has 0 fully saturated rings. The van der Waals surface area contributed by atoms with E-state index in [1.54, 1.807) is 0 Å². The molecule has 0 aliphatic carbocycles. The van der Waals surface area contributed by atoms with Gasteiger partial charge in [0.05, 0.1) is 13.1 Å². The van der Waals surface area contributed by atoms with Crippen molar-refractivity contribution >= 4 is 0 Å². The van der Waals surface area contributed by atoms with Crippen LogP contribution in [0, 0.1) is 0 Å². The van der Waals surface area contributed by atoms with Crippen LogP contribution in [0.1, 0.15) is 48.7 Å². The molecule has 4 heteroatoms. The monoisotopic (exact) mass is 248 g/mol. The van der Waals surface area contributed by atoms with Gasteiger partial charge in [0.2, 0.25) is 0 Å². The number of hydrogen-bond donors (Lipinski definition) is 2. The van der Waals surface area contributed by atoms with Crippen molar-refractivity contribution in [2.24, 2.45) is 11.5 Å². The lowest BCUT2D eigenvalue weighted by atomic mass is 9.91. The van der Waals surface area contributed by atoms with Crippen molar-refractivity contribution in [3.63, 3.8) is 0 Å². The van der Waals surface area contributed by atoms with Crippen LogP contribution in [0.5, 0.6) is 0 Å². The molecule has 2 aromatic heterocycles. The third-order valence-corrected chi connectivity index (χ3v) is 3.41. The summed E-state index contributed by atoms with van der Waals surface area (Å²) in [6.07, 6.45) is 0. The van der Waals surface area contributed by atoms with Gasteiger partial charge in [-0.3, -0.25) is 0 Å². The van der Waals surface area contributed by atoms with E-state index in [2.05, 4.69) is 13.8 Å². The van der Waals surface area contributed by atoms with Gasteiger partial charge in [-0.15, -0.1) is 0 Å². The average Bonchev–Trinajstić information content (AvgIpc) is 3.05. The Hall–Kier alpha value is -1.52. The van der Waals surface area contributed by atoms with Gasteiger partial charge in [-0.25, -0.2) is 0 Å². The second-order valence-corrected chi connectivity index (χ2v) is 4.59. The highest BCUT2D eigenvalue weighted by Crippen LogP contribution is 2.33. The molecule has 0 saturated heterocycles. The van der Waals surface area contributed by atoms with Crippen molar-refractivity contribution in [2.45, 2.75) is 38.8 Å². The molecule has 0 aliphatic heterocycles. The van der Waals surface area contributed by atoms with Gasteiger partial charge in [-0.05, 0) is 24.3 Å². The number of furan rings is 2. The van der Waals surface area contributed by atoms with E-state index in [0.717, 1.165) is 23.0 Å². The lowest BCUT2D eigenvalue weighted by molar-refractivity contribution is 0.376. The van der Waals surface area contributed by atoms with E-state index in [4.69, 9.17) is 20.3 Å². The van der Waals surface area contributed by atoms with Crippen molar-refractivity contribution in [3.05, 3.63) is 47.3 Å². The minimum absolute atomic E-state index is 0.238. The Balaban J connectivity index is 2.14. The van der Waals surface area contributed by atoms with E-state index in [9.17, 15) is 0 Å². The van der Waals surface area contributed by atoms with Gasteiger partial charge in [0.1, 0.15) is 23.0 Å². The molecular formula is C14H20N2O2. The fourth-order valence-electron chi connectivity index (χ4n) is 1.99. The molecule has 98 valence electrons. The van der Waals surface area contributed by atoms with E-state index in [1.807, 2.05) is 24.3 Å². The Morgan fingerprint density at radius 1 is 0.833 bits per heavy atom. The predicted molar refractivity (Wildman–Crippen MR) is 70.0 cm³/mol. The summed E-state index contributed by atoms with van der Waals surface area (Å²) in [7, 11) is 0. The lowest BCUT2D eigenvalue weighted by Crippen LogP contribution is -2.03. The molecule has 0 aliphatic rings. The summed E-state index contributed by atoms with van der Waals surface area (Å²) in [5.41, 5.74) is 11.1. The van der Waals surface area contributed by atoms with E-state index >= 15 is 0 Å². The van der Waals surface area contributed by atoms with Crippen LogP contribution in [0.4, 0.5) is 0 Å². The van der Waals surface area contributed by atoms with Gasteiger partial charge >= 0.3 is 0 Å². The summed E-state index contributed by atoms with van der Waals surface area (Å²) in [6, 6.07) is 7.81. The minimum atomic E-state index is 0.238. The van der Waals surface area contributed by atoms with Gasteiger partial charge in [0.15, 0.2) is 0 Å². The molecule has 18 heavy (non-hydrogen) atoms. The lowest BCUT2D eigenvalue weighted by Gasteiger charge is -2.15.